The van der Waals surface area contributed by atoms with Crippen LogP contribution in [0.15, 0.2) is 12.3 Å². The second-order valence-corrected chi connectivity index (χ2v) is 8.51. The molecule has 2 saturated carbocycles. The summed E-state index contributed by atoms with van der Waals surface area (Å²) in [5.74, 6) is 0.951. The molecule has 5 nitrogen and oxygen atoms in total. The SMILES string of the molecule is C1CCC(NC2CCCCC2)CC1.CCCCN(CCCC)c1ccnnn1. The minimum atomic E-state index is 0.872. The molecule has 0 aliphatic heterocycles. The van der Waals surface area contributed by atoms with Gasteiger partial charge in [0.05, 0.1) is 6.20 Å². The number of nitrogens with one attached hydrogen (secondary N) is 1. The predicted octanol–water partition coefficient (Wildman–Crippen LogP) is 5.52. The van der Waals surface area contributed by atoms with Gasteiger partial charge in [0.1, 0.15) is 0 Å². The first-order valence-corrected chi connectivity index (χ1v) is 12.0. The van der Waals surface area contributed by atoms with Crippen LogP contribution in [0.1, 0.15) is 104 Å². The molecule has 2 aliphatic rings. The van der Waals surface area contributed by atoms with Crippen LogP contribution in [0.5, 0.6) is 0 Å². The highest BCUT2D eigenvalue weighted by Crippen LogP contribution is 2.22. The normalized spacial score (nSPS) is 18.4. The first kappa shape index (κ1) is 23.1. The number of hydrogen-bond donors (Lipinski definition) is 1. The van der Waals surface area contributed by atoms with Crippen LogP contribution < -0.4 is 10.2 Å². The van der Waals surface area contributed by atoms with Gasteiger partial charge >= 0.3 is 0 Å². The van der Waals surface area contributed by atoms with E-state index in [-0.39, 0.29) is 0 Å². The van der Waals surface area contributed by atoms with E-state index in [1.165, 1.54) is 89.9 Å². The van der Waals surface area contributed by atoms with E-state index in [2.05, 4.69) is 39.5 Å². The fourth-order valence-corrected chi connectivity index (χ4v) is 4.31. The van der Waals surface area contributed by atoms with Crippen molar-refractivity contribution in [2.75, 3.05) is 18.0 Å². The quantitative estimate of drug-likeness (QED) is 0.602. The lowest BCUT2D eigenvalue weighted by Crippen LogP contribution is -2.40. The zero-order valence-corrected chi connectivity index (χ0v) is 18.4. The lowest BCUT2D eigenvalue weighted by Gasteiger charge is -2.30. The number of anilines is 1. The van der Waals surface area contributed by atoms with Gasteiger partial charge in [-0.2, -0.15) is 0 Å². The van der Waals surface area contributed by atoms with Gasteiger partial charge in [-0.25, -0.2) is 0 Å². The van der Waals surface area contributed by atoms with Gasteiger partial charge in [0.2, 0.25) is 0 Å². The zero-order chi connectivity index (χ0) is 19.9. The van der Waals surface area contributed by atoms with Gasteiger partial charge in [0.25, 0.3) is 0 Å². The predicted molar refractivity (Wildman–Crippen MR) is 119 cm³/mol. The van der Waals surface area contributed by atoms with Crippen molar-refractivity contribution in [1.82, 2.24) is 20.7 Å². The van der Waals surface area contributed by atoms with Gasteiger partial charge in [-0.3, -0.25) is 0 Å². The number of rotatable bonds is 9. The Morgan fingerprint density at radius 3 is 1.82 bits per heavy atom. The highest BCUT2D eigenvalue weighted by molar-refractivity contribution is 5.35. The van der Waals surface area contributed by atoms with Crippen LogP contribution in [0, 0.1) is 0 Å². The van der Waals surface area contributed by atoms with E-state index < -0.39 is 0 Å². The van der Waals surface area contributed by atoms with E-state index in [0.717, 1.165) is 31.0 Å². The summed E-state index contributed by atoms with van der Waals surface area (Å²) in [7, 11) is 0. The maximum absolute atomic E-state index is 4.05. The first-order valence-electron chi connectivity index (χ1n) is 12.0. The van der Waals surface area contributed by atoms with Gasteiger partial charge in [0, 0.05) is 31.2 Å². The van der Waals surface area contributed by atoms with E-state index in [1.807, 2.05) is 6.07 Å². The molecule has 0 atom stereocenters. The van der Waals surface area contributed by atoms with Crippen molar-refractivity contribution in [2.24, 2.45) is 0 Å². The number of nitrogens with zero attached hydrogens (tertiary/aromatic N) is 4. The van der Waals surface area contributed by atoms with Crippen molar-refractivity contribution in [1.29, 1.82) is 0 Å². The van der Waals surface area contributed by atoms with Crippen LogP contribution in [-0.4, -0.2) is 40.6 Å². The topological polar surface area (TPSA) is 53.9 Å². The molecule has 1 heterocycles. The van der Waals surface area contributed by atoms with Gasteiger partial charge < -0.3 is 10.2 Å². The summed E-state index contributed by atoms with van der Waals surface area (Å²) in [4.78, 5) is 2.29. The molecule has 0 spiro atoms. The monoisotopic (exact) mass is 389 g/mol. The lowest BCUT2D eigenvalue weighted by molar-refractivity contribution is 0.291. The summed E-state index contributed by atoms with van der Waals surface area (Å²) in [6.45, 7) is 6.54. The number of unbranched alkanes of at least 4 members (excludes halogenated alkanes) is 2. The Bertz CT molecular complexity index is 445. The van der Waals surface area contributed by atoms with Crippen LogP contribution in [0.3, 0.4) is 0 Å². The standard InChI is InChI=1S/C12H23N.C11H20N4/c1-3-7-11(8-4-1)13-12-9-5-2-6-10-12;1-3-5-9-15(10-6-4-2)11-7-8-12-14-13-11/h11-13H,1-10H2;7-8H,3-6,9-10H2,1-2H3. The van der Waals surface area contributed by atoms with Crippen molar-refractivity contribution in [3.8, 4) is 0 Å². The largest absolute Gasteiger partial charge is 0.355 e. The minimum absolute atomic E-state index is 0.872. The second-order valence-electron chi connectivity index (χ2n) is 8.51. The molecule has 2 aliphatic carbocycles. The molecule has 5 heteroatoms. The van der Waals surface area contributed by atoms with Crippen molar-refractivity contribution in [2.45, 2.75) is 116 Å². The molecule has 0 bridgehead atoms. The minimum Gasteiger partial charge on any atom is -0.355 e. The first-order chi connectivity index (χ1) is 13.8. The summed E-state index contributed by atoms with van der Waals surface area (Å²) in [6, 6.07) is 3.67. The molecule has 0 amide bonds. The maximum Gasteiger partial charge on any atom is 0.154 e. The van der Waals surface area contributed by atoms with Crippen molar-refractivity contribution in [3.63, 3.8) is 0 Å². The lowest BCUT2D eigenvalue weighted by atomic mass is 9.91. The van der Waals surface area contributed by atoms with Gasteiger partial charge in [0.15, 0.2) is 5.82 Å². The maximum atomic E-state index is 4.05. The number of aromatic nitrogens is 3. The summed E-state index contributed by atoms with van der Waals surface area (Å²) < 4.78 is 0. The third-order valence-corrected chi connectivity index (χ3v) is 6.06. The molecule has 1 aromatic heterocycles. The summed E-state index contributed by atoms with van der Waals surface area (Å²) >= 11 is 0. The number of hydrogen-bond acceptors (Lipinski definition) is 5. The van der Waals surface area contributed by atoms with E-state index in [0.29, 0.717) is 0 Å². The molecule has 160 valence electrons. The fourth-order valence-electron chi connectivity index (χ4n) is 4.31. The molecule has 0 unspecified atom stereocenters. The molecule has 1 N–H and O–H groups in total. The summed E-state index contributed by atoms with van der Waals surface area (Å²) in [5.41, 5.74) is 0. The summed E-state index contributed by atoms with van der Waals surface area (Å²) in [5, 5.41) is 15.3. The molecule has 1 aromatic rings. The third kappa shape index (κ3) is 9.31. The zero-order valence-electron chi connectivity index (χ0n) is 18.4. The molecule has 2 fully saturated rings. The van der Waals surface area contributed by atoms with Crippen molar-refractivity contribution < 1.29 is 0 Å². The summed E-state index contributed by atoms with van der Waals surface area (Å²) in [6.07, 6.45) is 21.1. The van der Waals surface area contributed by atoms with E-state index in [9.17, 15) is 0 Å². The smallest absolute Gasteiger partial charge is 0.154 e. The van der Waals surface area contributed by atoms with Crippen LogP contribution in [0.2, 0.25) is 0 Å². The van der Waals surface area contributed by atoms with Crippen LogP contribution >= 0.6 is 0 Å². The van der Waals surface area contributed by atoms with Crippen LogP contribution in [0.4, 0.5) is 5.82 Å². The Morgan fingerprint density at radius 2 is 1.39 bits per heavy atom. The van der Waals surface area contributed by atoms with E-state index in [4.69, 9.17) is 0 Å². The Balaban J connectivity index is 0.000000202. The third-order valence-electron chi connectivity index (χ3n) is 6.06. The van der Waals surface area contributed by atoms with E-state index >= 15 is 0 Å². The second kappa shape index (κ2) is 14.7. The Kier molecular flexibility index (Phi) is 12.1. The van der Waals surface area contributed by atoms with Crippen LogP contribution in [-0.2, 0) is 0 Å². The Labute approximate surface area is 173 Å². The highest BCUT2D eigenvalue weighted by Gasteiger charge is 2.19. The van der Waals surface area contributed by atoms with Gasteiger partial charge in [-0.1, -0.05) is 65.2 Å². The average molecular weight is 390 g/mol. The van der Waals surface area contributed by atoms with Gasteiger partial charge in [-0.15, -0.1) is 10.2 Å². The Morgan fingerprint density at radius 1 is 0.857 bits per heavy atom. The molecular weight excluding hydrogens is 346 g/mol. The fraction of sp³-hybridized carbons (Fsp3) is 0.870. The molecular formula is C23H43N5. The molecule has 0 radical (unpaired) electrons. The highest BCUT2D eigenvalue weighted by atomic mass is 15.4. The molecule has 0 saturated heterocycles. The van der Waals surface area contributed by atoms with Crippen molar-refractivity contribution in [3.05, 3.63) is 12.3 Å². The van der Waals surface area contributed by atoms with Gasteiger partial charge in [-0.05, 0) is 43.7 Å². The molecule has 3 rings (SSSR count). The van der Waals surface area contributed by atoms with E-state index in [1.54, 1.807) is 6.20 Å². The van der Waals surface area contributed by atoms with Crippen LogP contribution in [0.25, 0.3) is 0 Å². The Hall–Kier alpha value is -1.23. The average Bonchev–Trinajstić information content (AvgIpc) is 2.76. The molecule has 28 heavy (non-hydrogen) atoms. The van der Waals surface area contributed by atoms with Crippen molar-refractivity contribution >= 4 is 5.82 Å². The molecule has 0 aromatic carbocycles.